The molecule has 4 heavy (non-hydrogen) atoms. The van der Waals surface area contributed by atoms with Crippen molar-refractivity contribution in [3.05, 3.63) is 0 Å². The molecule has 0 bridgehead atoms. The van der Waals surface area contributed by atoms with E-state index in [2.05, 4.69) is 0 Å². The first-order valence-electron chi connectivity index (χ1n) is 0. The molecule has 0 fully saturated rings. The second kappa shape index (κ2) is 23.6. The second-order valence-electron chi connectivity index (χ2n) is 0. The van der Waals surface area contributed by atoms with Crippen LogP contribution in [0.1, 0.15) is 0 Å². The minimum Gasteiger partial charge on any atom is -1.00 e. The SMILES string of the molecule is O.[Cd].[I-].[NH4+]. The van der Waals surface area contributed by atoms with Gasteiger partial charge in [0, 0.05) is 27.3 Å². The Morgan fingerprint density at radius 2 is 1.00 bits per heavy atom. The molecule has 0 aromatic heterocycles. The van der Waals surface area contributed by atoms with Crippen molar-refractivity contribution in [1.29, 1.82) is 0 Å². The summed E-state index contributed by atoms with van der Waals surface area (Å²) in [5.41, 5.74) is 0. The van der Waals surface area contributed by atoms with Crippen LogP contribution in [-0.2, 0) is 27.3 Å². The van der Waals surface area contributed by atoms with E-state index in [0.717, 1.165) is 0 Å². The standard InChI is InChI=1S/Cd.HI.H3N.H2O/h;1H;1H3;1H2. The van der Waals surface area contributed by atoms with Gasteiger partial charge in [0.2, 0.25) is 0 Å². The van der Waals surface area contributed by atoms with Gasteiger partial charge in [-0.3, -0.25) is 0 Å². The van der Waals surface area contributed by atoms with E-state index in [-0.39, 0.29) is 62.9 Å². The Balaban J connectivity index is 0. The van der Waals surface area contributed by atoms with Crippen molar-refractivity contribution in [3.63, 3.8) is 0 Å². The number of halogens is 1. The van der Waals surface area contributed by atoms with Crippen LogP contribution in [0.2, 0.25) is 0 Å². The quantitative estimate of drug-likeness (QED) is 0.353. The second-order valence-corrected chi connectivity index (χ2v) is 0. The normalized spacial score (nSPS) is 0. The minimum absolute atomic E-state index is 0. The molecule has 4 heteroatoms. The fourth-order valence-electron chi connectivity index (χ4n) is 0. The Morgan fingerprint density at radius 1 is 1.00 bits per heavy atom. The minimum atomic E-state index is 0. The Bertz CT molecular complexity index is 8.00. The molecule has 0 saturated heterocycles. The zero-order chi connectivity index (χ0) is 0. The topological polar surface area (TPSA) is 68.0 Å². The molecule has 0 amide bonds. The van der Waals surface area contributed by atoms with Gasteiger partial charge in [-0.15, -0.1) is 0 Å². The predicted molar refractivity (Wildman–Crippen MR) is 9.60 cm³/mol. The van der Waals surface area contributed by atoms with Crippen molar-refractivity contribution >= 4 is 0 Å². The number of quaternary nitrogens is 1. The Kier molecular flexibility index (Phi) is 278. The number of hydrogen-bond acceptors (Lipinski definition) is 0. The Labute approximate surface area is 62.4 Å². The zero-order valence-corrected chi connectivity index (χ0v) is 8.78. The first-order valence-corrected chi connectivity index (χ1v) is 0. The van der Waals surface area contributed by atoms with Crippen molar-refractivity contribution in [2.75, 3.05) is 0 Å². The van der Waals surface area contributed by atoms with Crippen LogP contribution in [0.15, 0.2) is 0 Å². The summed E-state index contributed by atoms with van der Waals surface area (Å²) in [5.74, 6) is 0. The van der Waals surface area contributed by atoms with Gasteiger partial charge >= 0.3 is 0 Å². The zero-order valence-electron chi connectivity index (χ0n) is 2.59. The van der Waals surface area contributed by atoms with Gasteiger partial charge in [0.1, 0.15) is 0 Å². The van der Waals surface area contributed by atoms with Crippen molar-refractivity contribution in [2.45, 2.75) is 0 Å². The summed E-state index contributed by atoms with van der Waals surface area (Å²) in [6, 6.07) is 0. The van der Waals surface area contributed by atoms with Crippen molar-refractivity contribution in [3.8, 4) is 0 Å². The van der Waals surface area contributed by atoms with E-state index in [1.54, 1.807) is 0 Å². The molecule has 26 valence electrons. The van der Waals surface area contributed by atoms with Gasteiger partial charge in [-0.05, 0) is 0 Å². The van der Waals surface area contributed by atoms with E-state index >= 15 is 0 Å². The maximum atomic E-state index is 0. The summed E-state index contributed by atoms with van der Waals surface area (Å²) < 4.78 is 0. The first kappa shape index (κ1) is 47.1. The van der Waals surface area contributed by atoms with Gasteiger partial charge in [0.05, 0.1) is 0 Å². The fraction of sp³-hybridized carbons (Fsp3) is 0. The maximum Gasteiger partial charge on any atom is 0 e. The van der Waals surface area contributed by atoms with Crippen molar-refractivity contribution in [2.24, 2.45) is 0 Å². The molecule has 0 rings (SSSR count). The molecule has 0 unspecified atom stereocenters. The molecule has 0 aliphatic rings. The molecule has 0 saturated carbocycles. The van der Waals surface area contributed by atoms with E-state index in [4.69, 9.17) is 0 Å². The molecule has 6 N–H and O–H groups in total. The third-order valence-electron chi connectivity index (χ3n) is 0. The molecule has 0 spiro atoms. The van der Waals surface area contributed by atoms with E-state index in [0.29, 0.717) is 0 Å². The largest absolute Gasteiger partial charge is 1.00 e. The summed E-state index contributed by atoms with van der Waals surface area (Å²) in [7, 11) is 0. The summed E-state index contributed by atoms with van der Waals surface area (Å²) in [6.45, 7) is 0. The van der Waals surface area contributed by atoms with Crippen LogP contribution < -0.4 is 30.1 Å². The average molecular weight is 275 g/mol. The van der Waals surface area contributed by atoms with Crippen LogP contribution in [0, 0.1) is 0 Å². The van der Waals surface area contributed by atoms with Gasteiger partial charge in [-0.25, -0.2) is 0 Å². The summed E-state index contributed by atoms with van der Waals surface area (Å²) in [6.07, 6.45) is 0. The molecule has 0 aromatic carbocycles. The van der Waals surface area contributed by atoms with E-state index < -0.39 is 0 Å². The van der Waals surface area contributed by atoms with Crippen molar-refractivity contribution in [1.82, 2.24) is 6.15 Å². The van der Waals surface area contributed by atoms with Crippen LogP contribution in [0.3, 0.4) is 0 Å². The molecular weight excluding hydrogens is 269 g/mol. The molecule has 0 aromatic rings. The van der Waals surface area contributed by atoms with Crippen LogP contribution in [-0.4, -0.2) is 5.48 Å². The molecule has 0 heterocycles. The Hall–Kier alpha value is 1.57. The molecule has 0 atom stereocenters. The third-order valence-corrected chi connectivity index (χ3v) is 0. The average Bonchev–Trinajstić information content (AvgIpc) is 0. The first-order chi connectivity index (χ1) is 0. The van der Waals surface area contributed by atoms with E-state index in [1.165, 1.54) is 0 Å². The predicted octanol–water partition coefficient (Wildman–Crippen LogP) is -3.45. The maximum absolute atomic E-state index is 0. The molecule has 0 radical (unpaired) electrons. The Morgan fingerprint density at radius 3 is 1.00 bits per heavy atom. The molecule has 0 aliphatic heterocycles. The number of hydrogen-bond donors (Lipinski definition) is 1. The summed E-state index contributed by atoms with van der Waals surface area (Å²) in [5, 5.41) is 0. The van der Waals surface area contributed by atoms with Crippen LogP contribution >= 0.6 is 0 Å². The van der Waals surface area contributed by atoms with E-state index in [9.17, 15) is 0 Å². The third kappa shape index (κ3) is 9.56. The monoisotopic (exact) mass is 277 g/mol. The van der Waals surface area contributed by atoms with Gasteiger partial charge in [0.15, 0.2) is 0 Å². The molecular formula is H6CdINO. The summed E-state index contributed by atoms with van der Waals surface area (Å²) >= 11 is 0. The van der Waals surface area contributed by atoms with Gasteiger partial charge in [-0.2, -0.15) is 0 Å². The molecule has 2 nitrogen and oxygen atoms in total. The van der Waals surface area contributed by atoms with Gasteiger partial charge < -0.3 is 35.6 Å². The molecule has 0 aliphatic carbocycles. The van der Waals surface area contributed by atoms with Gasteiger partial charge in [0.25, 0.3) is 0 Å². The summed E-state index contributed by atoms with van der Waals surface area (Å²) in [4.78, 5) is 0. The fourth-order valence-corrected chi connectivity index (χ4v) is 0. The smallest absolute Gasteiger partial charge is 0 e. The van der Waals surface area contributed by atoms with Crippen LogP contribution in [0.4, 0.5) is 0 Å². The van der Waals surface area contributed by atoms with Crippen molar-refractivity contribution < 1.29 is 56.8 Å². The van der Waals surface area contributed by atoms with Crippen LogP contribution in [0.25, 0.3) is 0 Å². The van der Waals surface area contributed by atoms with Crippen LogP contribution in [0.5, 0.6) is 0 Å². The van der Waals surface area contributed by atoms with Gasteiger partial charge in [-0.1, -0.05) is 0 Å². The van der Waals surface area contributed by atoms with E-state index in [1.807, 2.05) is 0 Å². The number of rotatable bonds is 0.